The zero-order valence-corrected chi connectivity index (χ0v) is 16.7. The first-order chi connectivity index (χ1) is 14.5. The molecule has 30 heavy (non-hydrogen) atoms. The van der Waals surface area contributed by atoms with Crippen molar-refractivity contribution in [2.24, 2.45) is 0 Å². The second-order valence-corrected chi connectivity index (χ2v) is 7.38. The molecule has 0 aliphatic carbocycles. The van der Waals surface area contributed by atoms with Crippen molar-refractivity contribution in [2.75, 3.05) is 7.11 Å². The van der Waals surface area contributed by atoms with Crippen LogP contribution in [0.2, 0.25) is 0 Å². The van der Waals surface area contributed by atoms with Crippen molar-refractivity contribution >= 4 is 16.1 Å². The van der Waals surface area contributed by atoms with Crippen LogP contribution in [0.5, 0.6) is 23.0 Å². The molecule has 0 unspecified atom stereocenters. The zero-order valence-electron chi connectivity index (χ0n) is 15.9. The number of para-hydroxylation sites is 2. The molecule has 0 saturated heterocycles. The molecule has 3 aromatic carbocycles. The van der Waals surface area contributed by atoms with E-state index in [1.807, 2.05) is 0 Å². The van der Waals surface area contributed by atoms with E-state index in [9.17, 15) is 13.2 Å². The smallest absolute Gasteiger partial charge is 0.339 e. The van der Waals surface area contributed by atoms with Crippen molar-refractivity contribution in [3.8, 4) is 23.0 Å². The summed E-state index contributed by atoms with van der Waals surface area (Å²) in [5.74, 6) is 0.186. The average Bonchev–Trinajstić information content (AvgIpc) is 2.74. The molecule has 0 aromatic heterocycles. The quantitative estimate of drug-likeness (QED) is 0.174. The Hall–Kier alpha value is -3.78. The fraction of sp³-hybridized carbons (Fsp3) is 0.0455. The minimum atomic E-state index is -3.98. The molecule has 0 aliphatic rings. The van der Waals surface area contributed by atoms with E-state index in [0.29, 0.717) is 5.75 Å². The van der Waals surface area contributed by atoms with Crippen LogP contribution in [0.15, 0.2) is 96.1 Å². The molecule has 0 aliphatic heterocycles. The lowest BCUT2D eigenvalue weighted by Gasteiger charge is -2.12. The van der Waals surface area contributed by atoms with Crippen molar-refractivity contribution < 1.29 is 31.6 Å². The summed E-state index contributed by atoms with van der Waals surface area (Å²) < 4.78 is 45.7. The Labute approximate surface area is 174 Å². The van der Waals surface area contributed by atoms with Crippen molar-refractivity contribution in [1.82, 2.24) is 0 Å². The maximum absolute atomic E-state index is 12.4. The molecule has 0 atom stereocenters. The van der Waals surface area contributed by atoms with E-state index < -0.39 is 16.1 Å². The number of hydrogen-bond acceptors (Lipinski definition) is 7. The maximum atomic E-state index is 12.4. The van der Waals surface area contributed by atoms with Gasteiger partial charge in [-0.2, -0.15) is 8.42 Å². The SMILES string of the molecule is CO/C=C/C(=O)Oc1ccccc1Oc1cccc(OS(=O)(=O)c2ccccc2)c1. The van der Waals surface area contributed by atoms with Gasteiger partial charge in [0.1, 0.15) is 16.4 Å². The highest BCUT2D eigenvalue weighted by Crippen LogP contribution is 2.33. The molecule has 0 fully saturated rings. The summed E-state index contributed by atoms with van der Waals surface area (Å²) >= 11 is 0. The Morgan fingerprint density at radius 3 is 2.23 bits per heavy atom. The predicted molar refractivity (Wildman–Crippen MR) is 109 cm³/mol. The van der Waals surface area contributed by atoms with E-state index in [-0.39, 0.29) is 22.1 Å². The van der Waals surface area contributed by atoms with Gasteiger partial charge in [-0.3, -0.25) is 0 Å². The molecule has 154 valence electrons. The number of ether oxygens (including phenoxy) is 3. The van der Waals surface area contributed by atoms with Gasteiger partial charge in [0.25, 0.3) is 0 Å². The number of methoxy groups -OCH3 is 1. The molecule has 0 amide bonds. The fourth-order valence-corrected chi connectivity index (χ4v) is 3.31. The Morgan fingerprint density at radius 1 is 0.833 bits per heavy atom. The summed E-state index contributed by atoms with van der Waals surface area (Å²) in [6.07, 6.45) is 2.32. The molecule has 0 saturated carbocycles. The summed E-state index contributed by atoms with van der Waals surface area (Å²) in [4.78, 5) is 11.8. The normalized spacial score (nSPS) is 11.1. The average molecular weight is 426 g/mol. The number of carbonyl (C=O) groups is 1. The number of rotatable bonds is 8. The van der Waals surface area contributed by atoms with Crippen molar-refractivity contribution in [1.29, 1.82) is 0 Å². The topological polar surface area (TPSA) is 88.1 Å². The lowest BCUT2D eigenvalue weighted by molar-refractivity contribution is -0.129. The van der Waals surface area contributed by atoms with E-state index in [1.54, 1.807) is 54.6 Å². The third kappa shape index (κ3) is 5.62. The van der Waals surface area contributed by atoms with Crippen LogP contribution in [0, 0.1) is 0 Å². The van der Waals surface area contributed by atoms with E-state index in [4.69, 9.17) is 13.7 Å². The number of carbonyl (C=O) groups excluding carboxylic acids is 1. The molecule has 8 heteroatoms. The third-order valence-corrected chi connectivity index (χ3v) is 4.93. The van der Waals surface area contributed by atoms with E-state index >= 15 is 0 Å². The lowest BCUT2D eigenvalue weighted by atomic mass is 10.3. The van der Waals surface area contributed by atoms with Gasteiger partial charge in [-0.15, -0.1) is 0 Å². The van der Waals surface area contributed by atoms with Crippen LogP contribution in [0.4, 0.5) is 0 Å². The second-order valence-electron chi connectivity index (χ2n) is 5.83. The summed E-state index contributed by atoms with van der Waals surface area (Å²) in [5, 5.41) is 0. The first-order valence-corrected chi connectivity index (χ1v) is 10.2. The molecule has 0 radical (unpaired) electrons. The van der Waals surface area contributed by atoms with Gasteiger partial charge in [-0.25, -0.2) is 4.79 Å². The van der Waals surface area contributed by atoms with Gasteiger partial charge in [0.15, 0.2) is 11.5 Å². The Kier molecular flexibility index (Phi) is 6.71. The summed E-state index contributed by atoms with van der Waals surface area (Å²) in [6, 6.07) is 20.5. The van der Waals surface area contributed by atoms with Crippen LogP contribution in [0.25, 0.3) is 0 Å². The molecule has 3 rings (SSSR count). The Balaban J connectivity index is 1.78. The number of benzene rings is 3. The highest BCUT2D eigenvalue weighted by molar-refractivity contribution is 7.87. The molecule has 0 bridgehead atoms. The number of hydrogen-bond donors (Lipinski definition) is 0. The van der Waals surface area contributed by atoms with Crippen LogP contribution in [0.3, 0.4) is 0 Å². The first-order valence-electron chi connectivity index (χ1n) is 8.75. The molecular weight excluding hydrogens is 408 g/mol. The highest BCUT2D eigenvalue weighted by Gasteiger charge is 2.17. The maximum Gasteiger partial charge on any atom is 0.339 e. The Morgan fingerprint density at radius 2 is 1.50 bits per heavy atom. The molecule has 0 heterocycles. The summed E-state index contributed by atoms with van der Waals surface area (Å²) in [7, 11) is -2.57. The van der Waals surface area contributed by atoms with Crippen LogP contribution in [-0.4, -0.2) is 21.5 Å². The van der Waals surface area contributed by atoms with Gasteiger partial charge < -0.3 is 18.4 Å². The molecule has 3 aromatic rings. The highest BCUT2D eigenvalue weighted by atomic mass is 32.2. The van der Waals surface area contributed by atoms with E-state index in [2.05, 4.69) is 4.74 Å². The minimum absolute atomic E-state index is 0.0395. The minimum Gasteiger partial charge on any atom is -0.504 e. The van der Waals surface area contributed by atoms with Crippen LogP contribution < -0.4 is 13.7 Å². The molecular formula is C22H18O7S. The monoisotopic (exact) mass is 426 g/mol. The predicted octanol–water partition coefficient (Wildman–Crippen LogP) is 4.31. The summed E-state index contributed by atoms with van der Waals surface area (Å²) in [5.41, 5.74) is 0. The zero-order chi connectivity index (χ0) is 21.4. The number of esters is 1. The van der Waals surface area contributed by atoms with E-state index in [0.717, 1.165) is 6.08 Å². The third-order valence-electron chi connectivity index (χ3n) is 3.67. The van der Waals surface area contributed by atoms with Crippen LogP contribution in [-0.2, 0) is 19.6 Å². The van der Waals surface area contributed by atoms with Gasteiger partial charge in [0.05, 0.1) is 19.4 Å². The van der Waals surface area contributed by atoms with Gasteiger partial charge in [0.2, 0.25) is 0 Å². The molecule has 7 nitrogen and oxygen atoms in total. The van der Waals surface area contributed by atoms with Gasteiger partial charge in [-0.05, 0) is 36.4 Å². The van der Waals surface area contributed by atoms with Gasteiger partial charge >= 0.3 is 16.1 Å². The van der Waals surface area contributed by atoms with E-state index in [1.165, 1.54) is 37.6 Å². The summed E-state index contributed by atoms with van der Waals surface area (Å²) in [6.45, 7) is 0. The fourth-order valence-electron chi connectivity index (χ4n) is 2.36. The van der Waals surface area contributed by atoms with Crippen LogP contribution in [0.1, 0.15) is 0 Å². The molecule has 0 spiro atoms. The second kappa shape index (κ2) is 9.62. The van der Waals surface area contributed by atoms with Gasteiger partial charge in [-0.1, -0.05) is 36.4 Å². The first kappa shape index (κ1) is 20.9. The lowest BCUT2D eigenvalue weighted by Crippen LogP contribution is -2.09. The Bertz CT molecular complexity index is 1140. The molecule has 0 N–H and O–H groups in total. The van der Waals surface area contributed by atoms with Crippen molar-refractivity contribution in [2.45, 2.75) is 4.90 Å². The largest absolute Gasteiger partial charge is 0.504 e. The van der Waals surface area contributed by atoms with Gasteiger partial charge in [0, 0.05) is 6.07 Å². The van der Waals surface area contributed by atoms with Crippen molar-refractivity contribution in [3.63, 3.8) is 0 Å². The standard InChI is InChI=1S/C22H18O7S/c1-26-15-14-22(23)28-21-13-6-5-12-20(21)27-17-8-7-9-18(16-17)29-30(24,25)19-10-3-2-4-11-19/h2-16H,1H3/b15-14+. The van der Waals surface area contributed by atoms with Crippen LogP contribution >= 0.6 is 0 Å². The van der Waals surface area contributed by atoms with Crippen molar-refractivity contribution in [3.05, 3.63) is 91.2 Å².